The number of amides is 2. The molecule has 0 radical (unpaired) electrons. The predicted molar refractivity (Wildman–Crippen MR) is 141 cm³/mol. The molecular weight excluding hydrogens is 496 g/mol. The van der Waals surface area contributed by atoms with Crippen molar-refractivity contribution < 1.29 is 14.0 Å². The number of nitrogens with zero attached hydrogens (tertiary/aromatic N) is 6. The van der Waals surface area contributed by atoms with Crippen molar-refractivity contribution in [1.82, 2.24) is 29.3 Å². The Bertz CT molecular complexity index is 1510. The predicted octanol–water partition coefficient (Wildman–Crippen LogP) is 3.34. The molecule has 1 fully saturated rings. The van der Waals surface area contributed by atoms with Crippen LogP contribution in [0.15, 0.2) is 47.3 Å². The topological polar surface area (TPSA) is 135 Å². The van der Waals surface area contributed by atoms with Crippen molar-refractivity contribution in [2.75, 3.05) is 44.3 Å². The van der Waals surface area contributed by atoms with Gasteiger partial charge in [0, 0.05) is 36.9 Å². The molecule has 0 bridgehead atoms. The van der Waals surface area contributed by atoms with E-state index in [1.807, 2.05) is 17.7 Å². The summed E-state index contributed by atoms with van der Waals surface area (Å²) in [4.78, 5) is 42.7. The molecule has 192 valence electrons. The van der Waals surface area contributed by atoms with E-state index in [1.54, 1.807) is 35.4 Å². The molecule has 0 aliphatic carbocycles. The van der Waals surface area contributed by atoms with Gasteiger partial charge in [0.05, 0.1) is 17.0 Å². The number of anilines is 2. The van der Waals surface area contributed by atoms with Crippen LogP contribution in [0, 0.1) is 0 Å². The number of likely N-dealkylation sites (N-methyl/N-ethyl adjacent to an activating group) is 1. The lowest BCUT2D eigenvalue weighted by molar-refractivity contribution is -0.125. The summed E-state index contributed by atoms with van der Waals surface area (Å²) in [5, 5.41) is 3.64. The molecule has 4 aromatic rings. The summed E-state index contributed by atoms with van der Waals surface area (Å²) in [6.07, 6.45) is 7.28. The Hall–Kier alpha value is -3.96. The van der Waals surface area contributed by atoms with Crippen LogP contribution in [0.25, 0.3) is 22.1 Å². The summed E-state index contributed by atoms with van der Waals surface area (Å²) in [6, 6.07) is 4.99. The molecule has 12 heteroatoms. The van der Waals surface area contributed by atoms with Gasteiger partial charge in [-0.1, -0.05) is 24.6 Å². The summed E-state index contributed by atoms with van der Waals surface area (Å²) < 4.78 is 7.53. The van der Waals surface area contributed by atoms with Crippen LogP contribution >= 0.6 is 11.6 Å². The van der Waals surface area contributed by atoms with Gasteiger partial charge in [0.2, 0.25) is 5.91 Å². The van der Waals surface area contributed by atoms with Gasteiger partial charge in [0.15, 0.2) is 5.58 Å². The van der Waals surface area contributed by atoms with E-state index in [9.17, 15) is 9.59 Å². The fraction of sp³-hybridized carbons (Fsp3) is 0.320. The van der Waals surface area contributed by atoms with E-state index in [2.05, 4.69) is 32.1 Å². The van der Waals surface area contributed by atoms with E-state index in [1.165, 1.54) is 6.33 Å². The number of fused-ring (bicyclic) bond motifs is 2. The Morgan fingerprint density at radius 1 is 1.35 bits per heavy atom. The smallest absolute Gasteiger partial charge is 0.302 e. The molecule has 37 heavy (non-hydrogen) atoms. The molecule has 0 saturated carbocycles. The van der Waals surface area contributed by atoms with Gasteiger partial charge in [-0.3, -0.25) is 14.9 Å². The van der Waals surface area contributed by atoms with Crippen molar-refractivity contribution in [3.05, 3.63) is 53.5 Å². The summed E-state index contributed by atoms with van der Waals surface area (Å²) in [6.45, 7) is 4.78. The second kappa shape index (κ2) is 10.2. The molecule has 1 atom stereocenters. The fourth-order valence-electron chi connectivity index (χ4n) is 4.41. The molecule has 0 spiro atoms. The van der Waals surface area contributed by atoms with Crippen LogP contribution in [0.4, 0.5) is 11.8 Å². The lowest BCUT2D eigenvalue weighted by atomic mass is 10.2. The maximum atomic E-state index is 13.3. The summed E-state index contributed by atoms with van der Waals surface area (Å²) in [7, 11) is 2.00. The van der Waals surface area contributed by atoms with Gasteiger partial charge in [0.1, 0.15) is 23.3 Å². The van der Waals surface area contributed by atoms with Gasteiger partial charge in [-0.2, -0.15) is 4.98 Å². The highest BCUT2D eigenvalue weighted by molar-refractivity contribution is 6.31. The van der Waals surface area contributed by atoms with Gasteiger partial charge in [-0.15, -0.1) is 0 Å². The third-order valence-electron chi connectivity index (χ3n) is 6.54. The Morgan fingerprint density at radius 3 is 3.00 bits per heavy atom. The van der Waals surface area contributed by atoms with Crippen LogP contribution in [-0.4, -0.2) is 74.4 Å². The Labute approximate surface area is 217 Å². The molecule has 4 heterocycles. The molecule has 3 aromatic heterocycles. The number of rotatable bonds is 7. The van der Waals surface area contributed by atoms with Gasteiger partial charge in [0.25, 0.3) is 5.91 Å². The number of nitrogens with two attached hydrogens (primary N) is 1. The molecule has 0 unspecified atom stereocenters. The largest absolute Gasteiger partial charge is 0.423 e. The number of halogens is 1. The number of likely N-dealkylation sites (tertiary alicyclic amines) is 1. The Balaban J connectivity index is 1.38. The molecule has 5 rings (SSSR count). The Morgan fingerprint density at radius 2 is 2.19 bits per heavy atom. The van der Waals surface area contributed by atoms with E-state index in [4.69, 9.17) is 21.8 Å². The van der Waals surface area contributed by atoms with Gasteiger partial charge in [-0.05, 0) is 38.2 Å². The number of carbonyl (C=O) groups is 2. The van der Waals surface area contributed by atoms with Crippen molar-refractivity contribution in [3.8, 4) is 0 Å². The molecular formula is C25H27ClN8O3. The fourth-order valence-corrected chi connectivity index (χ4v) is 4.58. The molecule has 1 aliphatic rings. The minimum Gasteiger partial charge on any atom is -0.423 e. The van der Waals surface area contributed by atoms with Crippen LogP contribution in [0.3, 0.4) is 0 Å². The number of hydrogen-bond acceptors (Lipinski definition) is 8. The third kappa shape index (κ3) is 5.00. The van der Waals surface area contributed by atoms with E-state index < -0.39 is 5.91 Å². The maximum absolute atomic E-state index is 13.3. The van der Waals surface area contributed by atoms with Gasteiger partial charge >= 0.3 is 6.01 Å². The first kappa shape index (κ1) is 24.7. The Kier molecular flexibility index (Phi) is 6.81. The number of benzene rings is 1. The lowest BCUT2D eigenvalue weighted by Crippen LogP contribution is -2.27. The number of nitrogen functional groups attached to an aromatic ring is 1. The lowest BCUT2D eigenvalue weighted by Gasteiger charge is -2.16. The van der Waals surface area contributed by atoms with Crippen molar-refractivity contribution in [2.24, 2.45) is 0 Å². The van der Waals surface area contributed by atoms with Crippen LogP contribution in [0.5, 0.6) is 0 Å². The average Bonchev–Trinajstić information content (AvgIpc) is 3.60. The second-order valence-electron chi connectivity index (χ2n) is 8.98. The minimum absolute atomic E-state index is 0.0355. The summed E-state index contributed by atoms with van der Waals surface area (Å²) in [5.74, 6) is -0.310. The average molecular weight is 523 g/mol. The van der Waals surface area contributed by atoms with E-state index in [-0.39, 0.29) is 23.8 Å². The minimum atomic E-state index is -0.461. The first-order chi connectivity index (χ1) is 17.8. The van der Waals surface area contributed by atoms with Crippen LogP contribution in [-0.2, 0) is 4.79 Å². The van der Waals surface area contributed by atoms with Gasteiger partial charge in [-0.25, -0.2) is 9.97 Å². The highest BCUT2D eigenvalue weighted by Crippen LogP contribution is 2.31. The summed E-state index contributed by atoms with van der Waals surface area (Å²) in [5.41, 5.74) is 8.01. The first-order valence-electron chi connectivity index (χ1n) is 12.0. The normalized spacial score (nSPS) is 16.0. The number of carbonyl (C=O) groups excluding carboxylic acids is 2. The van der Waals surface area contributed by atoms with Crippen molar-refractivity contribution in [2.45, 2.75) is 19.4 Å². The zero-order valence-electron chi connectivity index (χ0n) is 20.5. The van der Waals surface area contributed by atoms with Crippen LogP contribution < -0.4 is 11.1 Å². The van der Waals surface area contributed by atoms with Crippen molar-refractivity contribution >= 4 is 57.4 Å². The number of hydrogen-bond donors (Lipinski definition) is 2. The SMILES string of the molecule is CCN(C)CC=CC(=O)N1CC[C@@H](n2cc(C(=O)Nc3nc4cc(Cl)ccc4o3)c3c(N)ncnc32)C1. The molecule has 2 amide bonds. The summed E-state index contributed by atoms with van der Waals surface area (Å²) >= 11 is 6.02. The zero-order valence-corrected chi connectivity index (χ0v) is 21.3. The van der Waals surface area contributed by atoms with E-state index in [0.29, 0.717) is 52.4 Å². The molecule has 11 nitrogen and oxygen atoms in total. The number of oxazole rings is 1. The highest BCUT2D eigenvalue weighted by Gasteiger charge is 2.30. The number of aromatic nitrogens is 4. The molecule has 1 aliphatic heterocycles. The maximum Gasteiger partial charge on any atom is 0.302 e. The molecule has 1 aromatic carbocycles. The third-order valence-corrected chi connectivity index (χ3v) is 6.77. The monoisotopic (exact) mass is 522 g/mol. The highest BCUT2D eigenvalue weighted by atomic mass is 35.5. The van der Waals surface area contributed by atoms with E-state index in [0.717, 1.165) is 13.0 Å². The molecule has 1 saturated heterocycles. The first-order valence-corrected chi connectivity index (χ1v) is 12.3. The van der Waals surface area contributed by atoms with Crippen LogP contribution in [0.1, 0.15) is 29.7 Å². The van der Waals surface area contributed by atoms with Crippen molar-refractivity contribution in [3.63, 3.8) is 0 Å². The zero-order chi connectivity index (χ0) is 26.1. The standard InChI is InChI=1S/C25H27ClN8O3/c1-3-32(2)9-4-5-20(35)33-10-8-16(12-33)34-13-17(21-22(27)28-14-29-23(21)34)24(36)31-25-30-18-11-15(26)6-7-19(18)37-25/h4-7,11,13-14,16H,3,8-10,12H2,1-2H3,(H2,27,28,29)(H,30,31,36)/t16-/m1/s1. The van der Waals surface area contributed by atoms with Crippen molar-refractivity contribution in [1.29, 1.82) is 0 Å². The second-order valence-corrected chi connectivity index (χ2v) is 9.41. The van der Waals surface area contributed by atoms with Crippen LogP contribution in [0.2, 0.25) is 5.02 Å². The van der Waals surface area contributed by atoms with Gasteiger partial charge < -0.3 is 24.5 Å². The number of nitrogens with one attached hydrogen (secondary N) is 1. The molecule has 3 N–H and O–H groups in total. The quantitative estimate of drug-likeness (QED) is 0.353. The van der Waals surface area contributed by atoms with E-state index >= 15 is 0 Å².